The molecule has 1 rings (SSSR count). The molecular weight excluding hydrogens is 266 g/mol. The SMILES string of the molecule is CCNCCC(=O)Nc1ccc(NC(C)=O)c(Cl)c1. The molecule has 0 saturated carbocycles. The number of halogens is 1. The van der Waals surface area contributed by atoms with Crippen LogP contribution < -0.4 is 16.0 Å². The van der Waals surface area contributed by atoms with E-state index in [0.29, 0.717) is 29.4 Å². The van der Waals surface area contributed by atoms with Gasteiger partial charge in [0.15, 0.2) is 0 Å². The van der Waals surface area contributed by atoms with Gasteiger partial charge in [-0.25, -0.2) is 0 Å². The van der Waals surface area contributed by atoms with Gasteiger partial charge in [-0.2, -0.15) is 0 Å². The Kier molecular flexibility index (Phi) is 6.32. The van der Waals surface area contributed by atoms with E-state index in [4.69, 9.17) is 11.6 Å². The molecule has 3 N–H and O–H groups in total. The van der Waals surface area contributed by atoms with E-state index in [9.17, 15) is 9.59 Å². The van der Waals surface area contributed by atoms with Crippen molar-refractivity contribution < 1.29 is 9.59 Å². The van der Waals surface area contributed by atoms with Crippen LogP contribution in [0.4, 0.5) is 11.4 Å². The number of carbonyl (C=O) groups is 2. The molecule has 0 fully saturated rings. The van der Waals surface area contributed by atoms with E-state index in [-0.39, 0.29) is 11.8 Å². The molecule has 2 amide bonds. The maximum atomic E-state index is 11.6. The monoisotopic (exact) mass is 283 g/mol. The average Bonchev–Trinajstić information content (AvgIpc) is 2.32. The lowest BCUT2D eigenvalue weighted by atomic mass is 10.2. The van der Waals surface area contributed by atoms with E-state index in [0.717, 1.165) is 6.54 Å². The summed E-state index contributed by atoms with van der Waals surface area (Å²) in [4.78, 5) is 22.5. The molecule has 0 aliphatic rings. The summed E-state index contributed by atoms with van der Waals surface area (Å²) in [5, 5.41) is 8.81. The first kappa shape index (κ1) is 15.5. The lowest BCUT2D eigenvalue weighted by Crippen LogP contribution is -2.21. The fourth-order valence-electron chi connectivity index (χ4n) is 1.49. The topological polar surface area (TPSA) is 70.2 Å². The first-order valence-corrected chi connectivity index (χ1v) is 6.48. The van der Waals surface area contributed by atoms with Crippen molar-refractivity contribution >= 4 is 34.8 Å². The quantitative estimate of drug-likeness (QED) is 0.701. The van der Waals surface area contributed by atoms with E-state index >= 15 is 0 Å². The Morgan fingerprint density at radius 3 is 2.58 bits per heavy atom. The summed E-state index contributed by atoms with van der Waals surface area (Å²) in [6, 6.07) is 4.96. The lowest BCUT2D eigenvalue weighted by Gasteiger charge is -2.09. The summed E-state index contributed by atoms with van der Waals surface area (Å²) in [7, 11) is 0. The molecule has 0 aliphatic carbocycles. The maximum absolute atomic E-state index is 11.6. The van der Waals surface area contributed by atoms with Gasteiger partial charge in [-0.3, -0.25) is 9.59 Å². The zero-order chi connectivity index (χ0) is 14.3. The van der Waals surface area contributed by atoms with Gasteiger partial charge in [0.2, 0.25) is 11.8 Å². The van der Waals surface area contributed by atoms with Crippen LogP contribution in [0, 0.1) is 0 Å². The van der Waals surface area contributed by atoms with Crippen LogP contribution in [-0.2, 0) is 9.59 Å². The molecule has 0 atom stereocenters. The summed E-state index contributed by atoms with van der Waals surface area (Å²) in [5.74, 6) is -0.270. The van der Waals surface area contributed by atoms with E-state index in [2.05, 4.69) is 16.0 Å². The molecule has 0 aromatic heterocycles. The van der Waals surface area contributed by atoms with Gasteiger partial charge in [-0.1, -0.05) is 18.5 Å². The van der Waals surface area contributed by atoms with Crippen LogP contribution in [0.25, 0.3) is 0 Å². The van der Waals surface area contributed by atoms with Gasteiger partial charge in [-0.05, 0) is 24.7 Å². The van der Waals surface area contributed by atoms with Crippen molar-refractivity contribution in [2.24, 2.45) is 0 Å². The molecule has 6 heteroatoms. The molecule has 0 saturated heterocycles. The Morgan fingerprint density at radius 1 is 1.26 bits per heavy atom. The first-order chi connectivity index (χ1) is 9.02. The Hall–Kier alpha value is -1.59. The fourth-order valence-corrected chi connectivity index (χ4v) is 1.71. The molecule has 0 radical (unpaired) electrons. The summed E-state index contributed by atoms with van der Waals surface area (Å²) < 4.78 is 0. The highest BCUT2D eigenvalue weighted by Crippen LogP contribution is 2.25. The highest BCUT2D eigenvalue weighted by molar-refractivity contribution is 6.34. The van der Waals surface area contributed by atoms with Crippen LogP contribution in [0.2, 0.25) is 5.02 Å². The first-order valence-electron chi connectivity index (χ1n) is 6.10. The minimum atomic E-state index is -0.190. The molecule has 0 heterocycles. The predicted octanol–water partition coefficient (Wildman–Crippen LogP) is 2.24. The standard InChI is InChI=1S/C13H18ClN3O2/c1-3-15-7-6-13(19)17-10-4-5-12(11(14)8-10)16-9(2)18/h4-5,8,15H,3,6-7H2,1-2H3,(H,16,18)(H,17,19). The number of carbonyl (C=O) groups excluding carboxylic acids is 2. The molecule has 0 unspecified atom stereocenters. The van der Waals surface area contributed by atoms with Crippen molar-refractivity contribution in [1.29, 1.82) is 0 Å². The number of nitrogens with one attached hydrogen (secondary N) is 3. The van der Waals surface area contributed by atoms with Crippen LogP contribution in [0.3, 0.4) is 0 Å². The zero-order valence-electron chi connectivity index (χ0n) is 11.0. The van der Waals surface area contributed by atoms with Crippen LogP contribution in [0.15, 0.2) is 18.2 Å². The van der Waals surface area contributed by atoms with E-state index < -0.39 is 0 Å². The second-order valence-corrected chi connectivity index (χ2v) is 4.43. The van der Waals surface area contributed by atoms with Gasteiger partial charge >= 0.3 is 0 Å². The molecular formula is C13H18ClN3O2. The second-order valence-electron chi connectivity index (χ2n) is 4.03. The van der Waals surface area contributed by atoms with Gasteiger partial charge in [0, 0.05) is 25.6 Å². The summed E-state index contributed by atoms with van der Waals surface area (Å²) >= 11 is 6.01. The molecule has 1 aromatic rings. The normalized spacial score (nSPS) is 10.1. The predicted molar refractivity (Wildman–Crippen MR) is 77.5 cm³/mol. The van der Waals surface area contributed by atoms with Crippen molar-refractivity contribution in [3.8, 4) is 0 Å². The highest BCUT2D eigenvalue weighted by Gasteiger charge is 2.06. The molecule has 0 aliphatic heterocycles. The Bertz CT molecular complexity index is 463. The van der Waals surface area contributed by atoms with Crippen molar-refractivity contribution in [3.05, 3.63) is 23.2 Å². The number of rotatable bonds is 6. The molecule has 0 spiro atoms. The minimum absolute atomic E-state index is 0.0794. The number of anilines is 2. The van der Waals surface area contributed by atoms with Crippen molar-refractivity contribution in [3.63, 3.8) is 0 Å². The zero-order valence-corrected chi connectivity index (χ0v) is 11.8. The molecule has 19 heavy (non-hydrogen) atoms. The van der Waals surface area contributed by atoms with Crippen LogP contribution in [-0.4, -0.2) is 24.9 Å². The smallest absolute Gasteiger partial charge is 0.225 e. The number of benzene rings is 1. The van der Waals surface area contributed by atoms with E-state index in [1.807, 2.05) is 6.92 Å². The fraction of sp³-hybridized carbons (Fsp3) is 0.385. The van der Waals surface area contributed by atoms with Crippen LogP contribution in [0.5, 0.6) is 0 Å². The van der Waals surface area contributed by atoms with Crippen LogP contribution in [0.1, 0.15) is 20.3 Å². The maximum Gasteiger partial charge on any atom is 0.225 e. The molecule has 1 aromatic carbocycles. The third-order valence-electron chi connectivity index (χ3n) is 2.34. The third-order valence-corrected chi connectivity index (χ3v) is 2.66. The molecule has 0 bridgehead atoms. The molecule has 104 valence electrons. The van der Waals surface area contributed by atoms with Gasteiger partial charge in [-0.15, -0.1) is 0 Å². The van der Waals surface area contributed by atoms with Gasteiger partial charge in [0.1, 0.15) is 0 Å². The van der Waals surface area contributed by atoms with Crippen LogP contribution >= 0.6 is 11.6 Å². The number of amides is 2. The minimum Gasteiger partial charge on any atom is -0.326 e. The Labute approximate surface area is 117 Å². The number of hydrogen-bond acceptors (Lipinski definition) is 3. The summed E-state index contributed by atoms with van der Waals surface area (Å²) in [6.45, 7) is 4.87. The second kappa shape index (κ2) is 7.76. The average molecular weight is 284 g/mol. The highest BCUT2D eigenvalue weighted by atomic mass is 35.5. The Morgan fingerprint density at radius 2 is 2.00 bits per heavy atom. The van der Waals surface area contributed by atoms with E-state index in [1.54, 1.807) is 18.2 Å². The largest absolute Gasteiger partial charge is 0.326 e. The van der Waals surface area contributed by atoms with Crippen molar-refractivity contribution in [1.82, 2.24) is 5.32 Å². The lowest BCUT2D eigenvalue weighted by molar-refractivity contribution is -0.116. The van der Waals surface area contributed by atoms with Gasteiger partial charge < -0.3 is 16.0 Å². The van der Waals surface area contributed by atoms with E-state index in [1.165, 1.54) is 6.92 Å². The third kappa shape index (κ3) is 5.72. The van der Waals surface area contributed by atoms with Crippen molar-refractivity contribution in [2.75, 3.05) is 23.7 Å². The van der Waals surface area contributed by atoms with Gasteiger partial charge in [0.05, 0.1) is 10.7 Å². The molecule has 5 nitrogen and oxygen atoms in total. The number of hydrogen-bond donors (Lipinski definition) is 3. The summed E-state index contributed by atoms with van der Waals surface area (Å²) in [6.07, 6.45) is 0.402. The summed E-state index contributed by atoms with van der Waals surface area (Å²) in [5.41, 5.74) is 1.14. The van der Waals surface area contributed by atoms with Crippen molar-refractivity contribution in [2.45, 2.75) is 20.3 Å². The van der Waals surface area contributed by atoms with Gasteiger partial charge in [0.25, 0.3) is 0 Å². The Balaban J connectivity index is 2.58.